The Morgan fingerprint density at radius 1 is 1.00 bits per heavy atom. The van der Waals surface area contributed by atoms with Crippen LogP contribution in [0.15, 0.2) is 0 Å². The first-order chi connectivity index (χ1) is 9.38. The van der Waals surface area contributed by atoms with Crippen molar-refractivity contribution in [1.29, 1.82) is 0 Å². The van der Waals surface area contributed by atoms with Crippen molar-refractivity contribution in [1.82, 2.24) is 10.2 Å². The van der Waals surface area contributed by atoms with E-state index < -0.39 is 0 Å². The Balaban J connectivity index is 1.62. The summed E-state index contributed by atoms with van der Waals surface area (Å²) in [6.07, 6.45) is 10.9. The van der Waals surface area contributed by atoms with Gasteiger partial charge in [0, 0.05) is 37.4 Å². The molecule has 1 N–H and O–H groups in total. The van der Waals surface area contributed by atoms with Crippen molar-refractivity contribution in [3.05, 3.63) is 0 Å². The summed E-state index contributed by atoms with van der Waals surface area (Å²) >= 11 is 0. The molecular weight excluding hydrogens is 236 g/mol. The van der Waals surface area contributed by atoms with E-state index in [2.05, 4.69) is 17.1 Å². The average Bonchev–Trinajstić information content (AvgIpc) is 2.45. The second-order valence-electron chi connectivity index (χ2n) is 6.65. The van der Waals surface area contributed by atoms with E-state index in [0.29, 0.717) is 0 Å². The summed E-state index contributed by atoms with van der Waals surface area (Å²) in [6, 6.07) is 3.30. The lowest BCUT2D eigenvalue weighted by Gasteiger charge is -2.53. The SMILES string of the molecule is CCCNC1CC2CCCC(C1)N2C1CCOCC1. The molecule has 3 aliphatic heterocycles. The maximum atomic E-state index is 5.55. The van der Waals surface area contributed by atoms with Gasteiger partial charge < -0.3 is 10.1 Å². The van der Waals surface area contributed by atoms with Gasteiger partial charge in [-0.2, -0.15) is 0 Å². The maximum absolute atomic E-state index is 5.55. The molecule has 19 heavy (non-hydrogen) atoms. The van der Waals surface area contributed by atoms with Gasteiger partial charge in [0.15, 0.2) is 0 Å². The normalized spacial score (nSPS) is 37.4. The maximum Gasteiger partial charge on any atom is 0.0480 e. The van der Waals surface area contributed by atoms with Crippen LogP contribution in [0.5, 0.6) is 0 Å². The van der Waals surface area contributed by atoms with Gasteiger partial charge in [0.2, 0.25) is 0 Å². The standard InChI is InChI=1S/C16H30N2O/c1-2-8-17-13-11-15-4-3-5-16(12-13)18(15)14-6-9-19-10-7-14/h13-17H,2-12H2,1H3. The Labute approximate surface area is 118 Å². The lowest BCUT2D eigenvalue weighted by molar-refractivity contribution is -0.0505. The summed E-state index contributed by atoms with van der Waals surface area (Å²) < 4.78 is 5.55. The molecule has 0 aromatic rings. The Bertz CT molecular complexity index is 264. The molecule has 0 aromatic heterocycles. The van der Waals surface area contributed by atoms with Crippen LogP contribution in [0.2, 0.25) is 0 Å². The van der Waals surface area contributed by atoms with E-state index in [1.165, 1.54) is 57.9 Å². The van der Waals surface area contributed by atoms with Gasteiger partial charge in [-0.1, -0.05) is 13.3 Å². The van der Waals surface area contributed by atoms with Gasteiger partial charge in [-0.3, -0.25) is 4.90 Å². The average molecular weight is 266 g/mol. The third-order valence-corrected chi connectivity index (χ3v) is 5.33. The molecule has 2 bridgehead atoms. The second kappa shape index (κ2) is 6.55. The van der Waals surface area contributed by atoms with Crippen LogP contribution >= 0.6 is 0 Å². The minimum Gasteiger partial charge on any atom is -0.381 e. The molecule has 3 aliphatic rings. The largest absolute Gasteiger partial charge is 0.381 e. The molecule has 0 spiro atoms. The summed E-state index contributed by atoms with van der Waals surface area (Å²) in [5, 5.41) is 3.77. The highest BCUT2D eigenvalue weighted by molar-refractivity contribution is 4.98. The Hall–Kier alpha value is -0.120. The highest BCUT2D eigenvalue weighted by Gasteiger charge is 2.41. The number of nitrogens with one attached hydrogen (secondary N) is 1. The highest BCUT2D eigenvalue weighted by Crippen LogP contribution is 2.37. The van der Waals surface area contributed by atoms with E-state index >= 15 is 0 Å². The minimum absolute atomic E-state index is 0.784. The Morgan fingerprint density at radius 3 is 2.32 bits per heavy atom. The van der Waals surface area contributed by atoms with E-state index in [4.69, 9.17) is 4.74 Å². The smallest absolute Gasteiger partial charge is 0.0480 e. The zero-order valence-corrected chi connectivity index (χ0v) is 12.4. The highest BCUT2D eigenvalue weighted by atomic mass is 16.5. The molecule has 2 unspecified atom stereocenters. The Morgan fingerprint density at radius 2 is 1.68 bits per heavy atom. The van der Waals surface area contributed by atoms with Crippen LogP contribution in [0.1, 0.15) is 58.3 Å². The molecule has 2 atom stereocenters. The van der Waals surface area contributed by atoms with Crippen LogP contribution in [-0.4, -0.2) is 48.8 Å². The van der Waals surface area contributed by atoms with Crippen LogP contribution in [0.3, 0.4) is 0 Å². The fraction of sp³-hybridized carbons (Fsp3) is 1.00. The van der Waals surface area contributed by atoms with Crippen molar-refractivity contribution < 1.29 is 4.74 Å². The third kappa shape index (κ3) is 3.14. The lowest BCUT2D eigenvalue weighted by atomic mass is 9.79. The van der Waals surface area contributed by atoms with Crippen LogP contribution in [-0.2, 0) is 4.74 Å². The third-order valence-electron chi connectivity index (χ3n) is 5.33. The summed E-state index contributed by atoms with van der Waals surface area (Å²) in [7, 11) is 0. The van der Waals surface area contributed by atoms with Crippen LogP contribution in [0.4, 0.5) is 0 Å². The number of rotatable bonds is 4. The molecule has 0 saturated carbocycles. The van der Waals surface area contributed by atoms with Crippen molar-refractivity contribution in [2.24, 2.45) is 0 Å². The van der Waals surface area contributed by atoms with Gasteiger partial charge in [0.1, 0.15) is 0 Å². The van der Waals surface area contributed by atoms with Gasteiger partial charge in [0.05, 0.1) is 0 Å². The van der Waals surface area contributed by atoms with Crippen molar-refractivity contribution in [2.45, 2.75) is 82.5 Å². The van der Waals surface area contributed by atoms with Crippen molar-refractivity contribution in [2.75, 3.05) is 19.8 Å². The number of hydrogen-bond donors (Lipinski definition) is 1. The molecule has 0 amide bonds. The predicted octanol–water partition coefficient (Wildman–Crippen LogP) is 2.55. The van der Waals surface area contributed by atoms with Crippen LogP contribution < -0.4 is 5.32 Å². The van der Waals surface area contributed by atoms with Gasteiger partial charge in [-0.25, -0.2) is 0 Å². The molecule has 3 heterocycles. The molecule has 3 fully saturated rings. The van der Waals surface area contributed by atoms with Gasteiger partial charge >= 0.3 is 0 Å². The molecule has 3 nitrogen and oxygen atoms in total. The Kier molecular flexibility index (Phi) is 4.78. The number of ether oxygens (including phenoxy) is 1. The molecule has 0 aromatic carbocycles. The van der Waals surface area contributed by atoms with Gasteiger partial charge in [0.25, 0.3) is 0 Å². The molecule has 3 heteroatoms. The van der Waals surface area contributed by atoms with Gasteiger partial charge in [-0.15, -0.1) is 0 Å². The molecule has 3 saturated heterocycles. The zero-order chi connectivity index (χ0) is 13.1. The van der Waals surface area contributed by atoms with E-state index in [9.17, 15) is 0 Å². The fourth-order valence-corrected chi connectivity index (χ4v) is 4.51. The number of piperidine rings is 2. The molecule has 0 aliphatic carbocycles. The molecule has 110 valence electrons. The summed E-state index contributed by atoms with van der Waals surface area (Å²) in [4.78, 5) is 2.91. The topological polar surface area (TPSA) is 24.5 Å². The van der Waals surface area contributed by atoms with Crippen molar-refractivity contribution in [3.63, 3.8) is 0 Å². The number of nitrogens with zero attached hydrogens (tertiary/aromatic N) is 1. The van der Waals surface area contributed by atoms with Crippen LogP contribution in [0, 0.1) is 0 Å². The molecular formula is C16H30N2O. The summed E-state index contributed by atoms with van der Waals surface area (Å²) in [5.74, 6) is 0. The van der Waals surface area contributed by atoms with E-state index in [1.54, 1.807) is 0 Å². The van der Waals surface area contributed by atoms with Crippen LogP contribution in [0.25, 0.3) is 0 Å². The minimum atomic E-state index is 0.784. The lowest BCUT2D eigenvalue weighted by Crippen LogP contribution is -2.60. The predicted molar refractivity (Wildman–Crippen MR) is 78.4 cm³/mol. The number of fused-ring (bicyclic) bond motifs is 2. The monoisotopic (exact) mass is 266 g/mol. The van der Waals surface area contributed by atoms with Crippen molar-refractivity contribution >= 4 is 0 Å². The van der Waals surface area contributed by atoms with Gasteiger partial charge in [-0.05, 0) is 51.5 Å². The first-order valence-electron chi connectivity index (χ1n) is 8.47. The first-order valence-corrected chi connectivity index (χ1v) is 8.47. The first kappa shape index (κ1) is 13.8. The summed E-state index contributed by atoms with van der Waals surface area (Å²) in [5.41, 5.74) is 0. The molecule has 0 radical (unpaired) electrons. The van der Waals surface area contributed by atoms with E-state index in [1.807, 2.05) is 0 Å². The fourth-order valence-electron chi connectivity index (χ4n) is 4.51. The second-order valence-corrected chi connectivity index (χ2v) is 6.65. The van der Waals surface area contributed by atoms with Crippen molar-refractivity contribution in [3.8, 4) is 0 Å². The quantitative estimate of drug-likeness (QED) is 0.846. The van der Waals surface area contributed by atoms with E-state index in [0.717, 1.165) is 37.4 Å². The van der Waals surface area contributed by atoms with E-state index in [-0.39, 0.29) is 0 Å². The molecule has 3 rings (SSSR count). The number of hydrogen-bond acceptors (Lipinski definition) is 3. The zero-order valence-electron chi connectivity index (χ0n) is 12.4. The summed E-state index contributed by atoms with van der Waals surface area (Å²) in [6.45, 7) is 5.43.